The third-order valence-corrected chi connectivity index (χ3v) is 3.19. The van der Waals surface area contributed by atoms with E-state index in [2.05, 4.69) is 22.1 Å². The Morgan fingerprint density at radius 3 is 2.52 bits per heavy atom. The normalized spacial score (nSPS) is 19.2. The predicted molar refractivity (Wildman–Crippen MR) is 81.6 cm³/mol. The van der Waals surface area contributed by atoms with Gasteiger partial charge in [0.25, 0.3) is 0 Å². The average molecular weight is 314 g/mol. The molecule has 6 nitrogen and oxygen atoms in total. The smallest absolute Gasteiger partial charge is 0.317 e. The number of piperidine rings is 1. The number of amides is 2. The maximum atomic E-state index is 10.9. The second kappa shape index (κ2) is 10.0. The maximum absolute atomic E-state index is 10.9. The Morgan fingerprint density at radius 2 is 2.10 bits per heavy atom. The summed E-state index contributed by atoms with van der Waals surface area (Å²) in [5.41, 5.74) is 1.74. The Labute approximate surface area is 129 Å². The lowest BCUT2D eigenvalue weighted by Crippen LogP contribution is -2.30. The van der Waals surface area contributed by atoms with Gasteiger partial charge in [0.1, 0.15) is 5.67 Å². The first kappa shape index (κ1) is 17.3. The van der Waals surface area contributed by atoms with Gasteiger partial charge in [-0.1, -0.05) is 47.1 Å². The van der Waals surface area contributed by atoms with Crippen molar-refractivity contribution in [3.8, 4) is 0 Å². The zero-order chi connectivity index (χ0) is 15.5. The number of benzene rings is 1. The highest BCUT2D eigenvalue weighted by molar-refractivity contribution is 6.56. The number of halogens is 1. The van der Waals surface area contributed by atoms with Crippen LogP contribution >= 0.6 is 11.6 Å². The summed E-state index contributed by atoms with van der Waals surface area (Å²) in [7, 11) is 0. The number of nitrogens with one attached hydrogen (secondary N) is 1. The minimum atomic E-state index is 0.137. The number of oxime groups is 1. The van der Waals surface area contributed by atoms with Gasteiger partial charge in [0, 0.05) is 19.1 Å². The van der Waals surface area contributed by atoms with Gasteiger partial charge >= 0.3 is 6.03 Å². The molecule has 0 aliphatic carbocycles. The van der Waals surface area contributed by atoms with Gasteiger partial charge in [-0.25, -0.2) is 4.79 Å². The lowest BCUT2D eigenvalue weighted by Gasteiger charge is -2.18. The summed E-state index contributed by atoms with van der Waals surface area (Å²) in [6.45, 7) is 2.04. The highest BCUT2D eigenvalue weighted by atomic mass is 35.5. The van der Waals surface area contributed by atoms with Gasteiger partial charge in [-0.05, 0) is 18.4 Å². The Morgan fingerprint density at radius 1 is 1.43 bits per heavy atom. The third-order valence-electron chi connectivity index (χ3n) is 3.11. The highest BCUT2D eigenvalue weighted by Crippen LogP contribution is 2.15. The van der Waals surface area contributed by atoms with Crippen molar-refractivity contribution in [3.05, 3.63) is 35.9 Å². The molecule has 0 saturated carbocycles. The summed E-state index contributed by atoms with van der Waals surface area (Å²) >= 11 is 4.64. The number of aliphatic hydroxyl groups excluding tert-OH is 1. The van der Waals surface area contributed by atoms with Crippen LogP contribution in [0.1, 0.15) is 18.4 Å². The van der Waals surface area contributed by atoms with Gasteiger partial charge in [-0.15, -0.1) is 0 Å². The molecule has 2 heterocycles. The topological polar surface area (TPSA) is 85.2 Å². The summed E-state index contributed by atoms with van der Waals surface area (Å²) in [6, 6.07) is 10.1. The van der Waals surface area contributed by atoms with Crippen LogP contribution in [0, 0.1) is 0 Å². The minimum Gasteiger partial charge on any atom is -0.410 e. The minimum absolute atomic E-state index is 0.137. The number of hydrogen-bond donors (Lipinski definition) is 3. The summed E-state index contributed by atoms with van der Waals surface area (Å²) in [5, 5.41) is 21.1. The SMILES string of the molecule is O/N=C\Cl.O=C1NC2CCCN1C2.OCc1ccccc1. The quantitative estimate of drug-likeness (QED) is 0.421. The van der Waals surface area contributed by atoms with Crippen molar-refractivity contribution >= 4 is 23.3 Å². The van der Waals surface area contributed by atoms with E-state index in [1.807, 2.05) is 35.2 Å². The molecule has 1 aromatic carbocycles. The fourth-order valence-electron chi connectivity index (χ4n) is 2.13. The molecule has 7 heteroatoms. The third kappa shape index (κ3) is 6.46. The van der Waals surface area contributed by atoms with Crippen LogP contribution in [0.4, 0.5) is 4.79 Å². The monoisotopic (exact) mass is 313 g/mol. The van der Waals surface area contributed by atoms with Crippen molar-refractivity contribution in [2.24, 2.45) is 5.16 Å². The predicted octanol–water partition coefficient (Wildman–Crippen LogP) is 2.00. The van der Waals surface area contributed by atoms with E-state index in [0.717, 1.165) is 24.3 Å². The zero-order valence-electron chi connectivity index (χ0n) is 11.7. The largest absolute Gasteiger partial charge is 0.410 e. The number of nitrogens with zero attached hydrogens (tertiary/aromatic N) is 2. The van der Waals surface area contributed by atoms with Gasteiger partial charge in [0.15, 0.2) is 0 Å². The Bertz CT molecular complexity index is 438. The molecule has 2 saturated heterocycles. The van der Waals surface area contributed by atoms with Crippen molar-refractivity contribution in [1.82, 2.24) is 10.2 Å². The molecule has 3 N–H and O–H groups in total. The molecule has 2 fully saturated rings. The van der Waals surface area contributed by atoms with Crippen LogP contribution in [0.5, 0.6) is 0 Å². The van der Waals surface area contributed by atoms with Gasteiger partial charge < -0.3 is 20.5 Å². The van der Waals surface area contributed by atoms with E-state index in [1.165, 1.54) is 12.8 Å². The molecule has 2 aliphatic heterocycles. The van der Waals surface area contributed by atoms with E-state index in [-0.39, 0.29) is 12.6 Å². The molecular formula is C14H20ClN3O3. The number of hydrogen-bond acceptors (Lipinski definition) is 4. The summed E-state index contributed by atoms with van der Waals surface area (Å²) in [4.78, 5) is 12.8. The van der Waals surface area contributed by atoms with Crippen LogP contribution in [-0.2, 0) is 6.61 Å². The Balaban J connectivity index is 0.000000171. The van der Waals surface area contributed by atoms with Crippen molar-refractivity contribution in [2.45, 2.75) is 25.5 Å². The molecule has 1 unspecified atom stereocenters. The molecule has 2 amide bonds. The molecule has 0 spiro atoms. The Kier molecular flexibility index (Phi) is 8.23. The average Bonchev–Trinajstić information content (AvgIpc) is 2.81. The standard InChI is InChI=1S/C7H8O.C6H10N2O.CH2ClNO/c8-6-7-4-2-1-3-5-7;9-6-7-5-2-1-3-8(6)4-5;2-1-3-4/h1-5,8H,6H2;5H,1-4H2,(H,7,9);1,4H/b;;3-1-. The van der Waals surface area contributed by atoms with Gasteiger partial charge in [-0.2, -0.15) is 0 Å². The van der Waals surface area contributed by atoms with E-state index in [9.17, 15) is 4.79 Å². The first-order valence-corrected chi connectivity index (χ1v) is 7.11. The fraction of sp³-hybridized carbons (Fsp3) is 0.429. The van der Waals surface area contributed by atoms with Crippen molar-refractivity contribution in [1.29, 1.82) is 0 Å². The lowest BCUT2D eigenvalue weighted by atomic mass is 10.1. The fourth-order valence-corrected chi connectivity index (χ4v) is 2.13. The summed E-state index contributed by atoms with van der Waals surface area (Å²) in [5.74, 6) is 0. The molecular weight excluding hydrogens is 294 g/mol. The molecule has 2 aliphatic rings. The molecule has 116 valence electrons. The second-order valence-corrected chi connectivity index (χ2v) is 4.79. The van der Waals surface area contributed by atoms with Gasteiger partial charge in [0.05, 0.1) is 6.61 Å². The van der Waals surface area contributed by atoms with Crippen LogP contribution in [0.2, 0.25) is 0 Å². The number of rotatable bonds is 1. The van der Waals surface area contributed by atoms with E-state index in [4.69, 9.17) is 10.3 Å². The Hall–Kier alpha value is -1.79. The summed E-state index contributed by atoms with van der Waals surface area (Å²) < 4.78 is 0. The number of carbonyl (C=O) groups is 1. The van der Waals surface area contributed by atoms with Crippen molar-refractivity contribution in [3.63, 3.8) is 0 Å². The van der Waals surface area contributed by atoms with Crippen LogP contribution in [0.25, 0.3) is 0 Å². The number of carbonyl (C=O) groups excluding carboxylic acids is 1. The van der Waals surface area contributed by atoms with E-state index < -0.39 is 0 Å². The zero-order valence-corrected chi connectivity index (χ0v) is 12.4. The molecule has 1 aromatic rings. The molecule has 1 atom stereocenters. The number of fused-ring (bicyclic) bond motifs is 2. The first-order chi connectivity index (χ1) is 10.2. The maximum Gasteiger partial charge on any atom is 0.317 e. The van der Waals surface area contributed by atoms with Crippen LogP contribution in [0.3, 0.4) is 0 Å². The highest BCUT2D eigenvalue weighted by Gasteiger charge is 2.31. The van der Waals surface area contributed by atoms with Gasteiger partial charge in [0.2, 0.25) is 0 Å². The molecule has 3 rings (SSSR count). The molecule has 2 bridgehead atoms. The molecule has 0 aromatic heterocycles. The van der Waals surface area contributed by atoms with E-state index in [1.54, 1.807) is 0 Å². The van der Waals surface area contributed by atoms with Crippen LogP contribution in [0.15, 0.2) is 35.5 Å². The lowest BCUT2D eigenvalue weighted by molar-refractivity contribution is 0.215. The molecule has 21 heavy (non-hydrogen) atoms. The number of urea groups is 1. The molecule has 0 radical (unpaired) electrons. The van der Waals surface area contributed by atoms with Crippen LogP contribution < -0.4 is 5.32 Å². The number of aliphatic hydroxyl groups is 1. The summed E-state index contributed by atoms with van der Waals surface area (Å²) in [6.07, 6.45) is 2.34. The van der Waals surface area contributed by atoms with Crippen LogP contribution in [-0.4, -0.2) is 46.0 Å². The van der Waals surface area contributed by atoms with Crippen molar-refractivity contribution in [2.75, 3.05) is 13.1 Å². The first-order valence-electron chi connectivity index (χ1n) is 6.67. The second-order valence-electron chi connectivity index (χ2n) is 4.59. The van der Waals surface area contributed by atoms with E-state index >= 15 is 0 Å². The van der Waals surface area contributed by atoms with Crippen molar-refractivity contribution < 1.29 is 15.1 Å². The van der Waals surface area contributed by atoms with E-state index in [0.29, 0.717) is 6.04 Å². The van der Waals surface area contributed by atoms with Gasteiger partial charge in [-0.3, -0.25) is 0 Å².